The summed E-state index contributed by atoms with van der Waals surface area (Å²) in [4.78, 5) is 0. The smallest absolute Gasteiger partial charge is 0.0869 e. The Morgan fingerprint density at radius 3 is 2.50 bits per heavy atom. The highest BCUT2D eigenvalue weighted by atomic mass is 15.4. The van der Waals surface area contributed by atoms with Crippen LogP contribution in [0.3, 0.4) is 0 Å². The summed E-state index contributed by atoms with van der Waals surface area (Å²) in [5, 5.41) is 8.55. The summed E-state index contributed by atoms with van der Waals surface area (Å²) < 4.78 is 2.10. The summed E-state index contributed by atoms with van der Waals surface area (Å²) in [5.41, 5.74) is 8.04. The number of rotatable bonds is 3. The number of nitrogens with two attached hydrogens (primary N) is 1. The second kappa shape index (κ2) is 5.43. The lowest BCUT2D eigenvalue weighted by molar-refractivity contribution is 0.385. The maximum Gasteiger partial charge on any atom is 0.0869 e. The number of aryl methyl sites for hydroxylation is 1. The van der Waals surface area contributed by atoms with Gasteiger partial charge in [0.1, 0.15) is 0 Å². The van der Waals surface area contributed by atoms with Gasteiger partial charge in [0.05, 0.1) is 17.4 Å². The molecule has 16 heavy (non-hydrogen) atoms. The third-order valence-corrected chi connectivity index (χ3v) is 3.57. The van der Waals surface area contributed by atoms with E-state index in [1.807, 2.05) is 0 Å². The van der Waals surface area contributed by atoms with E-state index in [9.17, 15) is 0 Å². The maximum absolute atomic E-state index is 5.82. The minimum atomic E-state index is 0.536. The Kier molecular flexibility index (Phi) is 3.93. The SMILES string of the molecule is CCc1nnn(C2CCCCCC2)c1CN. The van der Waals surface area contributed by atoms with Gasteiger partial charge in [0, 0.05) is 6.54 Å². The van der Waals surface area contributed by atoms with Gasteiger partial charge in [-0.2, -0.15) is 0 Å². The molecule has 1 fully saturated rings. The normalized spacial score (nSPS) is 18.6. The first-order valence-corrected chi connectivity index (χ1v) is 6.49. The van der Waals surface area contributed by atoms with E-state index in [-0.39, 0.29) is 0 Å². The van der Waals surface area contributed by atoms with Crippen molar-refractivity contribution in [3.8, 4) is 0 Å². The molecular weight excluding hydrogens is 200 g/mol. The fourth-order valence-electron chi connectivity index (χ4n) is 2.63. The van der Waals surface area contributed by atoms with Gasteiger partial charge in [0.25, 0.3) is 0 Å². The van der Waals surface area contributed by atoms with Crippen LogP contribution in [0.25, 0.3) is 0 Å². The van der Waals surface area contributed by atoms with Crippen molar-refractivity contribution in [2.24, 2.45) is 5.73 Å². The van der Waals surface area contributed by atoms with Crippen molar-refractivity contribution in [1.29, 1.82) is 0 Å². The van der Waals surface area contributed by atoms with Gasteiger partial charge in [0.2, 0.25) is 0 Å². The van der Waals surface area contributed by atoms with Gasteiger partial charge >= 0.3 is 0 Å². The summed E-state index contributed by atoms with van der Waals surface area (Å²) in [6.07, 6.45) is 8.76. The van der Waals surface area contributed by atoms with E-state index in [0.717, 1.165) is 17.8 Å². The van der Waals surface area contributed by atoms with Gasteiger partial charge in [-0.25, -0.2) is 4.68 Å². The monoisotopic (exact) mass is 222 g/mol. The van der Waals surface area contributed by atoms with Gasteiger partial charge < -0.3 is 5.73 Å². The minimum absolute atomic E-state index is 0.536. The molecule has 1 aliphatic rings. The van der Waals surface area contributed by atoms with Crippen LogP contribution in [-0.2, 0) is 13.0 Å². The molecule has 0 amide bonds. The summed E-state index contributed by atoms with van der Waals surface area (Å²) >= 11 is 0. The number of nitrogens with zero attached hydrogens (tertiary/aromatic N) is 3. The molecule has 0 aromatic carbocycles. The maximum atomic E-state index is 5.82. The zero-order valence-corrected chi connectivity index (χ0v) is 10.2. The Morgan fingerprint density at radius 1 is 1.25 bits per heavy atom. The zero-order chi connectivity index (χ0) is 11.4. The second-order valence-corrected chi connectivity index (χ2v) is 4.63. The van der Waals surface area contributed by atoms with Crippen LogP contribution >= 0.6 is 0 Å². The van der Waals surface area contributed by atoms with E-state index in [2.05, 4.69) is 21.9 Å². The van der Waals surface area contributed by atoms with E-state index < -0.39 is 0 Å². The number of aromatic nitrogens is 3. The molecule has 2 N–H and O–H groups in total. The topological polar surface area (TPSA) is 56.7 Å². The number of hydrogen-bond acceptors (Lipinski definition) is 3. The average Bonchev–Trinajstić information content (AvgIpc) is 2.54. The highest BCUT2D eigenvalue weighted by Gasteiger charge is 2.19. The van der Waals surface area contributed by atoms with E-state index in [1.54, 1.807) is 0 Å². The summed E-state index contributed by atoms with van der Waals surface area (Å²) in [5.74, 6) is 0. The highest BCUT2D eigenvalue weighted by molar-refractivity contribution is 5.10. The third kappa shape index (κ3) is 2.26. The molecule has 0 saturated heterocycles. The van der Waals surface area contributed by atoms with Gasteiger partial charge in [-0.3, -0.25) is 0 Å². The average molecular weight is 222 g/mol. The molecule has 0 aliphatic heterocycles. The van der Waals surface area contributed by atoms with Gasteiger partial charge in [0.15, 0.2) is 0 Å². The third-order valence-electron chi connectivity index (χ3n) is 3.57. The first kappa shape index (κ1) is 11.6. The lowest BCUT2D eigenvalue weighted by Crippen LogP contribution is -2.16. The van der Waals surface area contributed by atoms with E-state index in [4.69, 9.17) is 5.73 Å². The Labute approximate surface area is 97.2 Å². The predicted molar refractivity (Wildman–Crippen MR) is 64.0 cm³/mol. The molecule has 4 heteroatoms. The van der Waals surface area contributed by atoms with Crippen molar-refractivity contribution in [3.63, 3.8) is 0 Å². The first-order valence-electron chi connectivity index (χ1n) is 6.49. The molecule has 0 bridgehead atoms. The molecule has 1 aromatic rings. The van der Waals surface area contributed by atoms with Crippen molar-refractivity contribution in [2.75, 3.05) is 0 Å². The van der Waals surface area contributed by atoms with Crippen LogP contribution in [0.5, 0.6) is 0 Å². The minimum Gasteiger partial charge on any atom is -0.325 e. The standard InChI is InChI=1S/C12H22N4/c1-2-11-12(9-13)16(15-14-11)10-7-5-3-4-6-8-10/h10H,2-9,13H2,1H3. The molecule has 1 heterocycles. The lowest BCUT2D eigenvalue weighted by atomic mass is 10.1. The fraction of sp³-hybridized carbons (Fsp3) is 0.833. The largest absolute Gasteiger partial charge is 0.325 e. The molecule has 2 rings (SSSR count). The zero-order valence-electron chi connectivity index (χ0n) is 10.2. The summed E-state index contributed by atoms with van der Waals surface area (Å²) in [6.45, 7) is 2.67. The Balaban J connectivity index is 2.20. The molecule has 0 spiro atoms. The molecule has 90 valence electrons. The predicted octanol–water partition coefficient (Wildman–Crippen LogP) is 2.19. The lowest BCUT2D eigenvalue weighted by Gasteiger charge is -2.16. The first-order chi connectivity index (χ1) is 7.86. The summed E-state index contributed by atoms with van der Waals surface area (Å²) in [6, 6.07) is 0.536. The Hall–Kier alpha value is -0.900. The fourth-order valence-corrected chi connectivity index (χ4v) is 2.63. The molecule has 1 saturated carbocycles. The van der Waals surface area contributed by atoms with E-state index >= 15 is 0 Å². The van der Waals surface area contributed by atoms with Crippen LogP contribution in [0.2, 0.25) is 0 Å². The highest BCUT2D eigenvalue weighted by Crippen LogP contribution is 2.27. The van der Waals surface area contributed by atoms with Crippen molar-refractivity contribution < 1.29 is 0 Å². The number of hydrogen-bond donors (Lipinski definition) is 1. The second-order valence-electron chi connectivity index (χ2n) is 4.63. The van der Waals surface area contributed by atoms with Crippen LogP contribution in [-0.4, -0.2) is 15.0 Å². The van der Waals surface area contributed by atoms with Crippen molar-refractivity contribution >= 4 is 0 Å². The van der Waals surface area contributed by atoms with E-state index in [1.165, 1.54) is 38.5 Å². The molecule has 0 atom stereocenters. The van der Waals surface area contributed by atoms with Crippen LogP contribution in [0, 0.1) is 0 Å². The quantitative estimate of drug-likeness (QED) is 0.798. The van der Waals surface area contributed by atoms with Crippen LogP contribution in [0.4, 0.5) is 0 Å². The van der Waals surface area contributed by atoms with Crippen LogP contribution < -0.4 is 5.73 Å². The van der Waals surface area contributed by atoms with Crippen molar-refractivity contribution in [2.45, 2.75) is 64.5 Å². The Morgan fingerprint density at radius 2 is 1.94 bits per heavy atom. The molecule has 1 aromatic heterocycles. The van der Waals surface area contributed by atoms with E-state index in [0.29, 0.717) is 12.6 Å². The summed E-state index contributed by atoms with van der Waals surface area (Å²) in [7, 11) is 0. The van der Waals surface area contributed by atoms with Crippen molar-refractivity contribution in [1.82, 2.24) is 15.0 Å². The van der Waals surface area contributed by atoms with Crippen LogP contribution in [0.15, 0.2) is 0 Å². The van der Waals surface area contributed by atoms with Gasteiger partial charge in [-0.05, 0) is 19.3 Å². The molecule has 4 nitrogen and oxygen atoms in total. The van der Waals surface area contributed by atoms with Gasteiger partial charge in [-0.1, -0.05) is 37.8 Å². The van der Waals surface area contributed by atoms with Crippen molar-refractivity contribution in [3.05, 3.63) is 11.4 Å². The molecule has 0 unspecified atom stereocenters. The molecular formula is C12H22N4. The molecule has 1 aliphatic carbocycles. The molecule has 0 radical (unpaired) electrons. The van der Waals surface area contributed by atoms with Crippen LogP contribution in [0.1, 0.15) is 62.9 Å². The Bertz CT molecular complexity index is 324. The van der Waals surface area contributed by atoms with Gasteiger partial charge in [-0.15, -0.1) is 5.10 Å².